The van der Waals surface area contributed by atoms with E-state index in [2.05, 4.69) is 47.2 Å². The minimum Gasteiger partial charge on any atom is -0.340 e. The maximum absolute atomic E-state index is 6.12. The highest BCUT2D eigenvalue weighted by Gasteiger charge is 2.18. The third-order valence-corrected chi connectivity index (χ3v) is 3.78. The van der Waals surface area contributed by atoms with E-state index < -0.39 is 0 Å². The van der Waals surface area contributed by atoms with E-state index in [1.807, 2.05) is 18.2 Å². The Hall–Kier alpha value is -1.51. The van der Waals surface area contributed by atoms with Gasteiger partial charge in [-0.3, -0.25) is 0 Å². The predicted molar refractivity (Wildman–Crippen MR) is 81.2 cm³/mol. The molecule has 0 spiro atoms. The number of para-hydroxylation sites is 1. The summed E-state index contributed by atoms with van der Waals surface area (Å²) in [6.07, 6.45) is 0. The van der Waals surface area contributed by atoms with Gasteiger partial charge in [-0.05, 0) is 36.9 Å². The van der Waals surface area contributed by atoms with E-state index in [9.17, 15) is 0 Å². The van der Waals surface area contributed by atoms with Crippen LogP contribution in [0.4, 0.5) is 11.4 Å². The normalized spacial score (nSPS) is 16.0. The second-order valence-corrected chi connectivity index (χ2v) is 5.43. The first-order chi connectivity index (χ1) is 9.24. The SMILES string of the molecule is CN1CCN(c2cccc(Cl)c2)c2ccccc2C1. The molecule has 0 N–H and O–H groups in total. The quantitative estimate of drug-likeness (QED) is 0.776. The molecule has 0 fully saturated rings. The third-order valence-electron chi connectivity index (χ3n) is 3.55. The molecule has 0 atom stereocenters. The molecule has 0 radical (unpaired) electrons. The Labute approximate surface area is 119 Å². The zero-order valence-corrected chi connectivity index (χ0v) is 11.8. The first kappa shape index (κ1) is 12.5. The second kappa shape index (κ2) is 5.24. The van der Waals surface area contributed by atoms with Crippen LogP contribution >= 0.6 is 11.6 Å². The monoisotopic (exact) mass is 272 g/mol. The van der Waals surface area contributed by atoms with E-state index in [4.69, 9.17) is 11.6 Å². The molecule has 98 valence electrons. The molecule has 1 heterocycles. The maximum Gasteiger partial charge on any atom is 0.0456 e. The summed E-state index contributed by atoms with van der Waals surface area (Å²) in [4.78, 5) is 4.70. The number of fused-ring (bicyclic) bond motifs is 1. The van der Waals surface area contributed by atoms with Gasteiger partial charge >= 0.3 is 0 Å². The van der Waals surface area contributed by atoms with E-state index in [-0.39, 0.29) is 0 Å². The van der Waals surface area contributed by atoms with Gasteiger partial charge in [0.05, 0.1) is 0 Å². The summed E-state index contributed by atoms with van der Waals surface area (Å²) in [5.41, 5.74) is 3.81. The van der Waals surface area contributed by atoms with Crippen molar-refractivity contribution in [1.29, 1.82) is 0 Å². The van der Waals surface area contributed by atoms with Crippen LogP contribution in [0.2, 0.25) is 5.02 Å². The number of anilines is 2. The summed E-state index contributed by atoms with van der Waals surface area (Å²) >= 11 is 6.12. The molecule has 3 heteroatoms. The zero-order chi connectivity index (χ0) is 13.2. The average molecular weight is 273 g/mol. The standard InChI is InChI=1S/C16H17ClN2/c1-18-9-10-19(15-7-4-6-14(17)11-15)16-8-3-2-5-13(16)12-18/h2-8,11H,9-10,12H2,1H3. The van der Waals surface area contributed by atoms with Gasteiger partial charge in [-0.1, -0.05) is 35.9 Å². The van der Waals surface area contributed by atoms with Crippen LogP contribution in [0.1, 0.15) is 5.56 Å². The number of nitrogens with zero attached hydrogens (tertiary/aromatic N) is 2. The van der Waals surface area contributed by atoms with Gasteiger partial charge in [0.15, 0.2) is 0 Å². The van der Waals surface area contributed by atoms with Crippen LogP contribution in [0.15, 0.2) is 48.5 Å². The minimum atomic E-state index is 0.785. The summed E-state index contributed by atoms with van der Waals surface area (Å²) in [7, 11) is 2.16. The smallest absolute Gasteiger partial charge is 0.0456 e. The lowest BCUT2D eigenvalue weighted by Crippen LogP contribution is -2.26. The molecule has 0 saturated carbocycles. The summed E-state index contributed by atoms with van der Waals surface area (Å²) in [6.45, 7) is 3.02. The first-order valence-electron chi connectivity index (χ1n) is 6.53. The van der Waals surface area contributed by atoms with Gasteiger partial charge in [0, 0.05) is 36.0 Å². The van der Waals surface area contributed by atoms with E-state index in [0.29, 0.717) is 0 Å². The number of halogens is 1. The van der Waals surface area contributed by atoms with Gasteiger partial charge in [-0.2, -0.15) is 0 Å². The number of hydrogen-bond acceptors (Lipinski definition) is 2. The molecule has 0 unspecified atom stereocenters. The number of benzene rings is 2. The van der Waals surface area contributed by atoms with Crippen molar-refractivity contribution in [3.63, 3.8) is 0 Å². The maximum atomic E-state index is 6.12. The van der Waals surface area contributed by atoms with E-state index in [1.165, 1.54) is 11.3 Å². The van der Waals surface area contributed by atoms with Gasteiger partial charge in [-0.25, -0.2) is 0 Å². The Morgan fingerprint density at radius 2 is 1.84 bits per heavy atom. The lowest BCUT2D eigenvalue weighted by molar-refractivity contribution is 0.343. The summed E-state index contributed by atoms with van der Waals surface area (Å²) in [6, 6.07) is 16.7. The Balaban J connectivity index is 2.06. The van der Waals surface area contributed by atoms with Crippen LogP contribution in [-0.4, -0.2) is 25.0 Å². The van der Waals surface area contributed by atoms with E-state index >= 15 is 0 Å². The van der Waals surface area contributed by atoms with Gasteiger partial charge in [-0.15, -0.1) is 0 Å². The average Bonchev–Trinajstić information content (AvgIpc) is 2.57. The molecule has 1 aliphatic rings. The lowest BCUT2D eigenvalue weighted by Gasteiger charge is -2.25. The Morgan fingerprint density at radius 1 is 1.00 bits per heavy atom. The topological polar surface area (TPSA) is 6.48 Å². The molecular weight excluding hydrogens is 256 g/mol. The zero-order valence-electron chi connectivity index (χ0n) is 11.0. The summed E-state index contributed by atoms with van der Waals surface area (Å²) in [5, 5.41) is 0.785. The number of likely N-dealkylation sites (N-methyl/N-ethyl adjacent to an activating group) is 1. The lowest BCUT2D eigenvalue weighted by atomic mass is 10.1. The highest BCUT2D eigenvalue weighted by Crippen LogP contribution is 2.32. The van der Waals surface area contributed by atoms with Crippen LogP contribution in [0.25, 0.3) is 0 Å². The fourth-order valence-electron chi connectivity index (χ4n) is 2.58. The Morgan fingerprint density at radius 3 is 2.68 bits per heavy atom. The summed E-state index contributed by atoms with van der Waals surface area (Å²) < 4.78 is 0. The molecule has 0 saturated heterocycles. The van der Waals surface area contributed by atoms with Crippen LogP contribution in [-0.2, 0) is 6.54 Å². The van der Waals surface area contributed by atoms with Crippen LogP contribution in [0, 0.1) is 0 Å². The largest absolute Gasteiger partial charge is 0.340 e. The van der Waals surface area contributed by atoms with Crippen molar-refractivity contribution >= 4 is 23.0 Å². The third kappa shape index (κ3) is 2.60. The van der Waals surface area contributed by atoms with Crippen LogP contribution in [0.3, 0.4) is 0 Å². The van der Waals surface area contributed by atoms with Crippen molar-refractivity contribution in [2.24, 2.45) is 0 Å². The molecule has 3 rings (SSSR count). The predicted octanol–water partition coefficient (Wildman–Crippen LogP) is 3.92. The van der Waals surface area contributed by atoms with Crippen molar-refractivity contribution in [2.75, 3.05) is 25.0 Å². The van der Waals surface area contributed by atoms with Crippen molar-refractivity contribution < 1.29 is 0 Å². The van der Waals surface area contributed by atoms with Crippen molar-refractivity contribution in [3.05, 3.63) is 59.1 Å². The molecule has 0 amide bonds. The van der Waals surface area contributed by atoms with Crippen molar-refractivity contribution in [2.45, 2.75) is 6.54 Å². The molecular formula is C16H17ClN2. The second-order valence-electron chi connectivity index (χ2n) is 5.00. The van der Waals surface area contributed by atoms with Gasteiger partial charge in [0.2, 0.25) is 0 Å². The fourth-order valence-corrected chi connectivity index (χ4v) is 2.77. The van der Waals surface area contributed by atoms with E-state index in [0.717, 1.165) is 30.3 Å². The molecule has 2 aromatic rings. The van der Waals surface area contributed by atoms with E-state index in [1.54, 1.807) is 0 Å². The summed E-state index contributed by atoms with van der Waals surface area (Å²) in [5.74, 6) is 0. The van der Waals surface area contributed by atoms with Gasteiger partial charge < -0.3 is 9.80 Å². The molecule has 0 aliphatic carbocycles. The molecule has 0 bridgehead atoms. The van der Waals surface area contributed by atoms with Crippen LogP contribution < -0.4 is 4.90 Å². The van der Waals surface area contributed by atoms with Crippen molar-refractivity contribution in [1.82, 2.24) is 4.90 Å². The molecule has 2 aromatic carbocycles. The molecule has 19 heavy (non-hydrogen) atoms. The van der Waals surface area contributed by atoms with Crippen LogP contribution in [0.5, 0.6) is 0 Å². The number of hydrogen-bond donors (Lipinski definition) is 0. The van der Waals surface area contributed by atoms with Crippen molar-refractivity contribution in [3.8, 4) is 0 Å². The molecule has 1 aliphatic heterocycles. The highest BCUT2D eigenvalue weighted by molar-refractivity contribution is 6.30. The minimum absolute atomic E-state index is 0.785. The highest BCUT2D eigenvalue weighted by atomic mass is 35.5. The Kier molecular flexibility index (Phi) is 3.45. The van der Waals surface area contributed by atoms with Gasteiger partial charge in [0.1, 0.15) is 0 Å². The number of rotatable bonds is 1. The fraction of sp³-hybridized carbons (Fsp3) is 0.250. The molecule has 0 aromatic heterocycles. The molecule has 2 nitrogen and oxygen atoms in total. The first-order valence-corrected chi connectivity index (χ1v) is 6.91. The van der Waals surface area contributed by atoms with Gasteiger partial charge in [0.25, 0.3) is 0 Å². The Bertz CT molecular complexity index is 582.